The van der Waals surface area contributed by atoms with Gasteiger partial charge in [0.25, 0.3) is 5.91 Å². The van der Waals surface area contributed by atoms with Gasteiger partial charge in [-0.2, -0.15) is 0 Å². The third kappa shape index (κ3) is 4.61. The molecule has 3 rings (SSSR count). The molecule has 1 aliphatic rings. The molecule has 1 aromatic carbocycles. The van der Waals surface area contributed by atoms with Crippen molar-refractivity contribution in [3.05, 3.63) is 54.2 Å². The zero-order chi connectivity index (χ0) is 17.7. The van der Waals surface area contributed by atoms with E-state index in [9.17, 15) is 13.2 Å². The van der Waals surface area contributed by atoms with E-state index < -0.39 is 9.84 Å². The predicted molar refractivity (Wildman–Crippen MR) is 98.6 cm³/mol. The topological polar surface area (TPSA) is 67.3 Å². The predicted octanol–water partition coefficient (Wildman–Crippen LogP) is 2.88. The van der Waals surface area contributed by atoms with Gasteiger partial charge in [0.15, 0.2) is 9.84 Å². The van der Waals surface area contributed by atoms with E-state index in [0.29, 0.717) is 16.2 Å². The van der Waals surface area contributed by atoms with Crippen LogP contribution in [-0.2, 0) is 9.84 Å². The Balaban J connectivity index is 1.54. The molecule has 1 saturated heterocycles. The standard InChI is InChI=1S/C18H20N2O3S2/c21-18(20-10-4-5-11-20)15-8-9-17(19-14-15)24-12-13-25(22,23)16-6-2-1-3-7-16/h1-3,6-9,14H,4-5,10-13H2. The van der Waals surface area contributed by atoms with E-state index >= 15 is 0 Å². The number of amides is 1. The highest BCUT2D eigenvalue weighted by molar-refractivity contribution is 8.00. The summed E-state index contributed by atoms with van der Waals surface area (Å²) in [6.07, 6.45) is 3.70. The van der Waals surface area contributed by atoms with Gasteiger partial charge in [0.05, 0.1) is 21.2 Å². The number of hydrogen-bond donors (Lipinski definition) is 0. The number of rotatable bonds is 6. The van der Waals surface area contributed by atoms with Gasteiger partial charge in [-0.05, 0) is 37.1 Å². The zero-order valence-corrected chi connectivity index (χ0v) is 15.4. The van der Waals surface area contributed by atoms with Gasteiger partial charge >= 0.3 is 0 Å². The van der Waals surface area contributed by atoms with Crippen molar-refractivity contribution in [3.63, 3.8) is 0 Å². The summed E-state index contributed by atoms with van der Waals surface area (Å²) in [6.45, 7) is 1.62. The first-order chi connectivity index (χ1) is 12.1. The highest BCUT2D eigenvalue weighted by Gasteiger charge is 2.19. The first kappa shape index (κ1) is 17.9. The molecule has 1 aliphatic heterocycles. The molecule has 0 aliphatic carbocycles. The third-order valence-corrected chi connectivity index (χ3v) is 7.02. The van der Waals surface area contributed by atoms with Gasteiger partial charge in [-0.3, -0.25) is 4.79 Å². The summed E-state index contributed by atoms with van der Waals surface area (Å²) >= 11 is 1.38. The van der Waals surface area contributed by atoms with Gasteiger partial charge in [0, 0.05) is 25.0 Å². The Hall–Kier alpha value is -1.86. The number of pyridine rings is 1. The van der Waals surface area contributed by atoms with E-state index in [-0.39, 0.29) is 11.7 Å². The number of sulfone groups is 1. The number of hydrogen-bond acceptors (Lipinski definition) is 5. The number of aromatic nitrogens is 1. The smallest absolute Gasteiger partial charge is 0.255 e. The van der Waals surface area contributed by atoms with Gasteiger partial charge in [-0.15, -0.1) is 11.8 Å². The summed E-state index contributed by atoms with van der Waals surface area (Å²) in [4.78, 5) is 18.7. The van der Waals surface area contributed by atoms with Crippen LogP contribution in [0.1, 0.15) is 23.2 Å². The quantitative estimate of drug-likeness (QED) is 0.725. The molecule has 7 heteroatoms. The van der Waals surface area contributed by atoms with Crippen LogP contribution < -0.4 is 0 Å². The molecule has 2 heterocycles. The van der Waals surface area contributed by atoms with E-state index in [1.807, 2.05) is 4.90 Å². The fourth-order valence-corrected chi connectivity index (χ4v) is 5.22. The summed E-state index contributed by atoms with van der Waals surface area (Å²) in [5, 5.41) is 0.723. The van der Waals surface area contributed by atoms with Crippen molar-refractivity contribution < 1.29 is 13.2 Å². The lowest BCUT2D eigenvalue weighted by atomic mass is 10.2. The van der Waals surface area contributed by atoms with Crippen molar-refractivity contribution in [2.45, 2.75) is 22.8 Å². The highest BCUT2D eigenvalue weighted by atomic mass is 32.2. The Morgan fingerprint density at radius 3 is 2.44 bits per heavy atom. The van der Waals surface area contributed by atoms with E-state index in [1.54, 1.807) is 48.7 Å². The number of likely N-dealkylation sites (tertiary alicyclic amines) is 1. The molecule has 1 fully saturated rings. The maximum atomic E-state index is 12.3. The van der Waals surface area contributed by atoms with Crippen LogP contribution in [0.15, 0.2) is 58.6 Å². The van der Waals surface area contributed by atoms with Gasteiger partial charge in [-0.1, -0.05) is 18.2 Å². The number of nitrogens with zero attached hydrogens (tertiary/aromatic N) is 2. The normalized spacial score (nSPS) is 14.6. The third-order valence-electron chi connectivity index (χ3n) is 4.08. The Kier molecular flexibility index (Phi) is 5.75. The van der Waals surface area contributed by atoms with Crippen molar-refractivity contribution >= 4 is 27.5 Å². The number of benzene rings is 1. The molecule has 0 bridgehead atoms. The minimum atomic E-state index is -3.27. The second-order valence-electron chi connectivity index (χ2n) is 5.86. The molecule has 1 amide bonds. The molecular formula is C18H20N2O3S2. The minimum absolute atomic E-state index is 0.0215. The Morgan fingerprint density at radius 2 is 1.80 bits per heavy atom. The molecule has 0 atom stereocenters. The van der Waals surface area contributed by atoms with Crippen molar-refractivity contribution in [2.24, 2.45) is 0 Å². The second-order valence-corrected chi connectivity index (χ2v) is 9.09. The van der Waals surface area contributed by atoms with Crippen LogP contribution in [0.2, 0.25) is 0 Å². The van der Waals surface area contributed by atoms with Crippen LogP contribution >= 0.6 is 11.8 Å². The molecule has 0 N–H and O–H groups in total. The molecule has 0 unspecified atom stereocenters. The van der Waals surface area contributed by atoms with Gasteiger partial charge in [0.1, 0.15) is 0 Å². The lowest BCUT2D eigenvalue weighted by Crippen LogP contribution is -2.27. The minimum Gasteiger partial charge on any atom is -0.339 e. The van der Waals surface area contributed by atoms with Crippen molar-refractivity contribution in [1.29, 1.82) is 0 Å². The summed E-state index contributed by atoms with van der Waals surface area (Å²) < 4.78 is 24.5. The molecular weight excluding hydrogens is 356 g/mol. The first-order valence-electron chi connectivity index (χ1n) is 8.22. The average molecular weight is 377 g/mol. The molecule has 0 radical (unpaired) electrons. The largest absolute Gasteiger partial charge is 0.339 e. The summed E-state index contributed by atoms with van der Waals surface area (Å²) in [6, 6.07) is 12.0. The monoisotopic (exact) mass is 376 g/mol. The molecule has 25 heavy (non-hydrogen) atoms. The number of carbonyl (C=O) groups excluding carboxylic acids is 1. The highest BCUT2D eigenvalue weighted by Crippen LogP contribution is 2.19. The molecule has 5 nitrogen and oxygen atoms in total. The molecule has 0 spiro atoms. The molecule has 2 aromatic rings. The van der Waals surface area contributed by atoms with Gasteiger partial charge in [0.2, 0.25) is 0 Å². The van der Waals surface area contributed by atoms with Crippen LogP contribution in [0, 0.1) is 0 Å². The number of carbonyl (C=O) groups is 1. The van der Waals surface area contributed by atoms with Gasteiger partial charge < -0.3 is 4.90 Å². The maximum absolute atomic E-state index is 12.3. The fourth-order valence-electron chi connectivity index (χ4n) is 2.70. The summed E-state index contributed by atoms with van der Waals surface area (Å²) in [7, 11) is -3.27. The van der Waals surface area contributed by atoms with E-state index in [0.717, 1.165) is 31.0 Å². The first-order valence-corrected chi connectivity index (χ1v) is 10.9. The Morgan fingerprint density at radius 1 is 1.08 bits per heavy atom. The average Bonchev–Trinajstić information content (AvgIpc) is 3.17. The Bertz CT molecular complexity index is 815. The van der Waals surface area contributed by atoms with Crippen LogP contribution in [-0.4, -0.2) is 48.8 Å². The van der Waals surface area contributed by atoms with Gasteiger partial charge in [-0.25, -0.2) is 13.4 Å². The van der Waals surface area contributed by atoms with Crippen molar-refractivity contribution in [2.75, 3.05) is 24.6 Å². The van der Waals surface area contributed by atoms with Crippen LogP contribution in [0.25, 0.3) is 0 Å². The molecule has 1 aromatic heterocycles. The summed E-state index contributed by atoms with van der Waals surface area (Å²) in [5.41, 5.74) is 0.586. The van der Waals surface area contributed by atoms with Crippen LogP contribution in [0.3, 0.4) is 0 Å². The molecule has 0 saturated carbocycles. The summed E-state index contributed by atoms with van der Waals surface area (Å²) in [5.74, 6) is 0.495. The fraction of sp³-hybridized carbons (Fsp3) is 0.333. The Labute approximate surface area is 152 Å². The lowest BCUT2D eigenvalue weighted by Gasteiger charge is -2.14. The van der Waals surface area contributed by atoms with Crippen molar-refractivity contribution in [1.82, 2.24) is 9.88 Å². The van der Waals surface area contributed by atoms with E-state index in [1.165, 1.54) is 11.8 Å². The lowest BCUT2D eigenvalue weighted by molar-refractivity contribution is 0.0792. The molecule has 132 valence electrons. The second kappa shape index (κ2) is 8.01. The zero-order valence-electron chi connectivity index (χ0n) is 13.8. The van der Waals surface area contributed by atoms with Crippen LogP contribution in [0.4, 0.5) is 0 Å². The van der Waals surface area contributed by atoms with Crippen LogP contribution in [0.5, 0.6) is 0 Å². The van der Waals surface area contributed by atoms with E-state index in [2.05, 4.69) is 4.98 Å². The van der Waals surface area contributed by atoms with Crippen molar-refractivity contribution in [3.8, 4) is 0 Å². The number of thioether (sulfide) groups is 1. The SMILES string of the molecule is O=C(c1ccc(SCCS(=O)(=O)c2ccccc2)nc1)N1CCCC1. The van der Waals surface area contributed by atoms with E-state index in [4.69, 9.17) is 0 Å². The maximum Gasteiger partial charge on any atom is 0.255 e.